The highest BCUT2D eigenvalue weighted by molar-refractivity contribution is 5.85. The molecule has 0 unspecified atom stereocenters. The average Bonchev–Trinajstić information content (AvgIpc) is 3.19. The first-order chi connectivity index (χ1) is 16.8. The highest BCUT2D eigenvalue weighted by atomic mass is 19.3. The summed E-state index contributed by atoms with van der Waals surface area (Å²) in [6.07, 6.45) is 1.17. The molecule has 1 aromatic carbocycles. The Balaban J connectivity index is 1.68. The summed E-state index contributed by atoms with van der Waals surface area (Å²) in [5, 5.41) is 7.52. The summed E-state index contributed by atoms with van der Waals surface area (Å²) < 4.78 is 46.5. The van der Waals surface area contributed by atoms with Crippen molar-refractivity contribution in [2.45, 2.75) is 44.7 Å². The molecule has 1 aliphatic heterocycles. The first-order valence-electron chi connectivity index (χ1n) is 12.1. The Bertz CT molecular complexity index is 1130. The third-order valence-electron chi connectivity index (χ3n) is 6.45. The number of hydrogen-bond acceptors (Lipinski definition) is 5. The fraction of sp³-hybridized carbons (Fsp3) is 0.500. The Hall–Kier alpha value is -2.78. The lowest BCUT2D eigenvalue weighted by molar-refractivity contribution is -0.0369. The lowest BCUT2D eigenvalue weighted by Gasteiger charge is -2.42. The molecule has 190 valence electrons. The Morgan fingerprint density at radius 2 is 1.97 bits per heavy atom. The summed E-state index contributed by atoms with van der Waals surface area (Å²) in [7, 11) is 1.55. The number of nitrogens with one attached hydrogen (secondary N) is 3. The smallest absolute Gasteiger partial charge is 0.257 e. The Kier molecular flexibility index (Phi) is 7.86. The van der Waals surface area contributed by atoms with Gasteiger partial charge in [-0.05, 0) is 50.1 Å². The van der Waals surface area contributed by atoms with Crippen molar-refractivity contribution in [3.8, 4) is 5.88 Å². The van der Waals surface area contributed by atoms with Crippen molar-refractivity contribution in [1.29, 1.82) is 0 Å². The molecule has 3 N–H and O–H groups in total. The number of pyridine rings is 1. The van der Waals surface area contributed by atoms with E-state index in [0.29, 0.717) is 44.2 Å². The molecule has 3 heterocycles. The molecule has 9 heteroatoms. The summed E-state index contributed by atoms with van der Waals surface area (Å²) >= 11 is 0. The molecular weight excluding hydrogens is 455 g/mol. The van der Waals surface area contributed by atoms with Crippen LogP contribution in [-0.2, 0) is 6.42 Å². The Morgan fingerprint density at radius 3 is 2.71 bits per heavy atom. The predicted molar refractivity (Wildman–Crippen MR) is 133 cm³/mol. The number of fused-ring (bicyclic) bond motifs is 3. The van der Waals surface area contributed by atoms with Gasteiger partial charge in [0.25, 0.3) is 5.92 Å². The van der Waals surface area contributed by atoms with E-state index in [1.807, 2.05) is 42.2 Å². The van der Waals surface area contributed by atoms with Crippen LogP contribution in [0, 0.1) is 0 Å². The largest absolute Gasteiger partial charge is 0.481 e. The van der Waals surface area contributed by atoms with Gasteiger partial charge in [0.05, 0.1) is 26.4 Å². The molecule has 0 fully saturated rings. The summed E-state index contributed by atoms with van der Waals surface area (Å²) in [6, 6.07) is 11.3. The second-order valence-electron chi connectivity index (χ2n) is 9.28. The van der Waals surface area contributed by atoms with E-state index < -0.39 is 12.0 Å². The second-order valence-corrected chi connectivity index (χ2v) is 9.28. The maximum absolute atomic E-state index is 14.3. The van der Waals surface area contributed by atoms with Crippen LogP contribution in [0.1, 0.15) is 43.1 Å². The molecule has 4 rings (SSSR count). The monoisotopic (exact) mass is 489 g/mol. The normalized spacial score (nSPS) is 18.6. The number of rotatable bonds is 11. The van der Waals surface area contributed by atoms with Crippen molar-refractivity contribution in [3.63, 3.8) is 0 Å². The molecule has 0 aliphatic carbocycles. The number of benzene rings is 1. The van der Waals surface area contributed by atoms with E-state index in [1.54, 1.807) is 7.11 Å². The number of H-pyrrole nitrogens is 1. The summed E-state index contributed by atoms with van der Waals surface area (Å²) in [5.41, 5.74) is 3.79. The van der Waals surface area contributed by atoms with E-state index in [9.17, 15) is 13.2 Å². The quantitative estimate of drug-likeness (QED) is 0.334. The van der Waals surface area contributed by atoms with Gasteiger partial charge in [0.2, 0.25) is 5.88 Å². The number of anilines is 1. The molecule has 35 heavy (non-hydrogen) atoms. The topological polar surface area (TPSA) is 65.2 Å². The van der Waals surface area contributed by atoms with Gasteiger partial charge in [0.15, 0.2) is 0 Å². The van der Waals surface area contributed by atoms with Crippen molar-refractivity contribution in [2.75, 3.05) is 45.3 Å². The van der Waals surface area contributed by atoms with Crippen LogP contribution in [0.2, 0.25) is 0 Å². The predicted octanol–water partition coefficient (Wildman–Crippen LogP) is 4.92. The van der Waals surface area contributed by atoms with E-state index >= 15 is 0 Å². The standard InChI is InChI=1S/C26H34F3N5O/c1-17-15-20-18-7-4-5-8-21(18)32-23(20)24(34(17)16-26(2,28)29)19-9-10-22(33-25(19)35-3)31-14-13-30-12-6-11-27/h4-5,7-10,17,24,30,32H,6,11-16H2,1-3H3,(H,31,33)/t17-,24-/m1/s1. The van der Waals surface area contributed by atoms with Crippen LogP contribution < -0.4 is 15.4 Å². The molecule has 6 nitrogen and oxygen atoms in total. The molecule has 0 bridgehead atoms. The molecule has 0 amide bonds. The Morgan fingerprint density at radius 1 is 1.17 bits per heavy atom. The zero-order chi connectivity index (χ0) is 25.0. The number of aromatic nitrogens is 2. The minimum absolute atomic E-state index is 0.101. The number of halogens is 3. The van der Waals surface area contributed by atoms with Crippen LogP contribution in [-0.4, -0.2) is 66.8 Å². The number of para-hydroxylation sites is 1. The minimum atomic E-state index is -2.85. The van der Waals surface area contributed by atoms with Gasteiger partial charge >= 0.3 is 0 Å². The molecule has 3 aromatic rings. The van der Waals surface area contributed by atoms with Crippen LogP contribution >= 0.6 is 0 Å². The third-order valence-corrected chi connectivity index (χ3v) is 6.45. The number of methoxy groups -OCH3 is 1. The molecule has 2 aromatic heterocycles. The number of alkyl halides is 3. The number of aromatic amines is 1. The fourth-order valence-electron chi connectivity index (χ4n) is 4.93. The Labute approximate surface area is 204 Å². The van der Waals surface area contributed by atoms with Crippen LogP contribution in [0.5, 0.6) is 5.88 Å². The van der Waals surface area contributed by atoms with E-state index in [-0.39, 0.29) is 19.3 Å². The SMILES string of the molecule is COc1nc(NCCNCCCF)ccc1[C@@H]1c2[nH]c3ccccc3c2C[C@@H](C)N1CC(C)(F)F. The first-order valence-corrected chi connectivity index (χ1v) is 12.1. The molecule has 2 atom stereocenters. The van der Waals surface area contributed by atoms with Gasteiger partial charge in [0, 0.05) is 48.2 Å². The zero-order valence-electron chi connectivity index (χ0n) is 20.5. The zero-order valence-corrected chi connectivity index (χ0v) is 20.5. The molecule has 0 saturated carbocycles. The van der Waals surface area contributed by atoms with Crippen molar-refractivity contribution in [2.24, 2.45) is 0 Å². The summed E-state index contributed by atoms with van der Waals surface area (Å²) in [6.45, 7) is 4.16. The summed E-state index contributed by atoms with van der Waals surface area (Å²) in [5.74, 6) is -1.83. The van der Waals surface area contributed by atoms with Crippen LogP contribution in [0.3, 0.4) is 0 Å². The fourth-order valence-corrected chi connectivity index (χ4v) is 4.93. The maximum atomic E-state index is 14.3. The van der Waals surface area contributed by atoms with Gasteiger partial charge < -0.3 is 20.4 Å². The van der Waals surface area contributed by atoms with Gasteiger partial charge in [-0.15, -0.1) is 0 Å². The van der Waals surface area contributed by atoms with Crippen LogP contribution in [0.25, 0.3) is 10.9 Å². The van der Waals surface area contributed by atoms with Gasteiger partial charge in [0.1, 0.15) is 5.82 Å². The molecule has 0 saturated heterocycles. The van der Waals surface area contributed by atoms with Crippen molar-refractivity contribution in [3.05, 3.63) is 53.2 Å². The highest BCUT2D eigenvalue weighted by Gasteiger charge is 2.41. The first kappa shape index (κ1) is 25.3. The molecular formula is C26H34F3N5O. The highest BCUT2D eigenvalue weighted by Crippen LogP contribution is 2.44. The van der Waals surface area contributed by atoms with E-state index in [2.05, 4.69) is 26.7 Å². The number of hydrogen-bond donors (Lipinski definition) is 3. The van der Waals surface area contributed by atoms with Crippen LogP contribution in [0.4, 0.5) is 19.0 Å². The maximum Gasteiger partial charge on any atom is 0.257 e. The molecule has 0 spiro atoms. The van der Waals surface area contributed by atoms with Gasteiger partial charge in [-0.3, -0.25) is 9.29 Å². The second kappa shape index (κ2) is 10.9. The summed E-state index contributed by atoms with van der Waals surface area (Å²) in [4.78, 5) is 9.99. The lowest BCUT2D eigenvalue weighted by Crippen LogP contribution is -2.47. The lowest BCUT2D eigenvalue weighted by atomic mass is 9.88. The van der Waals surface area contributed by atoms with Crippen molar-refractivity contribution in [1.82, 2.24) is 20.2 Å². The van der Waals surface area contributed by atoms with E-state index in [1.165, 1.54) is 0 Å². The minimum Gasteiger partial charge on any atom is -0.481 e. The number of nitrogens with zero attached hydrogens (tertiary/aromatic N) is 2. The molecule has 0 radical (unpaired) electrons. The van der Waals surface area contributed by atoms with Crippen molar-refractivity contribution >= 4 is 16.7 Å². The van der Waals surface area contributed by atoms with Gasteiger partial charge in [-0.2, -0.15) is 4.98 Å². The van der Waals surface area contributed by atoms with E-state index in [4.69, 9.17) is 4.74 Å². The van der Waals surface area contributed by atoms with Crippen molar-refractivity contribution < 1.29 is 17.9 Å². The third kappa shape index (κ3) is 5.73. The number of ether oxygens (including phenoxy) is 1. The van der Waals surface area contributed by atoms with Gasteiger partial charge in [-0.1, -0.05) is 18.2 Å². The van der Waals surface area contributed by atoms with Crippen LogP contribution in [0.15, 0.2) is 36.4 Å². The van der Waals surface area contributed by atoms with Gasteiger partial charge in [-0.25, -0.2) is 8.78 Å². The average molecular weight is 490 g/mol. The van der Waals surface area contributed by atoms with E-state index in [0.717, 1.165) is 34.6 Å². The molecule has 1 aliphatic rings.